The molecule has 3 rings (SSSR count). The first-order valence-corrected chi connectivity index (χ1v) is 10.5. The molecule has 0 bridgehead atoms. The molecule has 0 saturated heterocycles. The predicted octanol–water partition coefficient (Wildman–Crippen LogP) is 3.78. The summed E-state index contributed by atoms with van der Waals surface area (Å²) in [4.78, 5) is 26.3. The molecule has 0 spiro atoms. The number of ether oxygens (including phenoxy) is 1. The van der Waals surface area contributed by atoms with E-state index in [1.807, 2.05) is 56.3 Å². The van der Waals surface area contributed by atoms with Crippen molar-refractivity contribution in [3.63, 3.8) is 0 Å². The summed E-state index contributed by atoms with van der Waals surface area (Å²) in [5, 5.41) is 1.46. The maximum atomic E-state index is 12.4. The molecule has 8 nitrogen and oxygen atoms in total. The number of allylic oxidation sites excluding steroid dienone is 1. The van der Waals surface area contributed by atoms with Gasteiger partial charge in [0.05, 0.1) is 13.2 Å². The quantitative estimate of drug-likeness (QED) is 0.309. The first kappa shape index (κ1) is 25.9. The summed E-state index contributed by atoms with van der Waals surface area (Å²) in [5.74, 6) is 0.904. The van der Waals surface area contributed by atoms with E-state index in [1.54, 1.807) is 24.3 Å². The highest BCUT2D eigenvalue weighted by Gasteiger charge is 2.32. The lowest BCUT2D eigenvalue weighted by atomic mass is 10.1. The van der Waals surface area contributed by atoms with E-state index in [-0.39, 0.29) is 30.1 Å². The van der Waals surface area contributed by atoms with Gasteiger partial charge in [0.25, 0.3) is 0 Å². The number of guanidine groups is 2. The second-order valence-electron chi connectivity index (χ2n) is 7.75. The third kappa shape index (κ3) is 7.62. The summed E-state index contributed by atoms with van der Waals surface area (Å²) in [7, 11) is 0. The van der Waals surface area contributed by atoms with E-state index in [4.69, 9.17) is 21.0 Å². The molecule has 0 unspecified atom stereocenters. The number of halogens is 1. The average molecular weight is 472 g/mol. The van der Waals surface area contributed by atoms with Crippen LogP contribution in [0, 0.1) is 0 Å². The fourth-order valence-electron chi connectivity index (χ4n) is 3.14. The monoisotopic (exact) mass is 471 g/mol. The van der Waals surface area contributed by atoms with Gasteiger partial charge in [-0.15, -0.1) is 12.4 Å². The summed E-state index contributed by atoms with van der Waals surface area (Å²) in [6.07, 6.45) is 4.89. The van der Waals surface area contributed by atoms with Gasteiger partial charge in [-0.25, -0.2) is 4.99 Å². The molecule has 0 radical (unpaired) electrons. The molecule has 0 amide bonds. The number of carbonyl (C=O) groups excluding carboxylic acids is 1. The van der Waals surface area contributed by atoms with Crippen molar-refractivity contribution in [3.8, 4) is 5.75 Å². The van der Waals surface area contributed by atoms with Crippen LogP contribution in [0.1, 0.15) is 42.6 Å². The maximum absolute atomic E-state index is 12.4. The highest BCUT2D eigenvalue weighted by atomic mass is 35.5. The molecule has 1 heterocycles. The minimum absolute atomic E-state index is 0. The largest absolute Gasteiger partial charge is 0.494 e. The van der Waals surface area contributed by atoms with Crippen LogP contribution in [0.25, 0.3) is 6.08 Å². The number of aliphatic imine (C=N–C) groups is 2. The number of carbonyl (C=O) groups is 1. The van der Waals surface area contributed by atoms with Crippen molar-refractivity contribution in [1.82, 2.24) is 5.06 Å². The second kappa shape index (κ2) is 12.0. The zero-order valence-corrected chi connectivity index (χ0v) is 19.6. The van der Waals surface area contributed by atoms with Crippen molar-refractivity contribution in [2.24, 2.45) is 21.5 Å². The van der Waals surface area contributed by atoms with Crippen LogP contribution in [0.15, 0.2) is 70.7 Å². The molecular weight excluding hydrogens is 442 g/mol. The van der Waals surface area contributed by atoms with Crippen LogP contribution in [-0.2, 0) is 4.84 Å². The second-order valence-corrected chi connectivity index (χ2v) is 7.75. The van der Waals surface area contributed by atoms with Gasteiger partial charge in [0.15, 0.2) is 11.4 Å². The number of unbranched alkanes of at least 4 members (excludes halogenated alkanes) is 1. The van der Waals surface area contributed by atoms with Gasteiger partial charge >= 0.3 is 0 Å². The van der Waals surface area contributed by atoms with Crippen molar-refractivity contribution in [2.75, 3.05) is 13.2 Å². The van der Waals surface area contributed by atoms with Crippen LogP contribution in [-0.4, -0.2) is 41.6 Å². The molecule has 2 aromatic carbocycles. The van der Waals surface area contributed by atoms with E-state index in [0.717, 1.165) is 18.4 Å². The Bertz CT molecular complexity index is 1020. The van der Waals surface area contributed by atoms with Crippen molar-refractivity contribution in [3.05, 3.63) is 71.8 Å². The molecule has 0 aromatic heterocycles. The molecule has 1 aliphatic heterocycles. The standard InChI is InChI=1S/C24H29N5O3.ClH/c1-24(2)28-22(25)27-23(26)29(24)32-16-7-6-15-31-20-12-8-11-19(17-20)21(30)14-13-18-9-4-3-5-10-18;/h3-5,8-14,17H,6-7,15-16H2,1-2H3,(H4,25,26,27,28);1H/b14-13+;. The van der Waals surface area contributed by atoms with Crippen LogP contribution in [0.5, 0.6) is 5.75 Å². The Morgan fingerprint density at radius 1 is 1.06 bits per heavy atom. The van der Waals surface area contributed by atoms with Crippen LogP contribution < -0.4 is 16.2 Å². The first-order valence-electron chi connectivity index (χ1n) is 10.5. The topological polar surface area (TPSA) is 116 Å². The number of hydrogen-bond donors (Lipinski definition) is 2. The van der Waals surface area contributed by atoms with Gasteiger partial charge in [-0.2, -0.15) is 10.1 Å². The van der Waals surface area contributed by atoms with Gasteiger partial charge in [-0.05, 0) is 50.5 Å². The fraction of sp³-hybridized carbons (Fsp3) is 0.292. The minimum Gasteiger partial charge on any atom is -0.494 e. The van der Waals surface area contributed by atoms with Crippen LogP contribution >= 0.6 is 12.4 Å². The Morgan fingerprint density at radius 3 is 2.52 bits per heavy atom. The number of hydrogen-bond acceptors (Lipinski definition) is 8. The number of nitrogens with two attached hydrogens (primary N) is 2. The Morgan fingerprint density at radius 2 is 1.79 bits per heavy atom. The third-order valence-corrected chi connectivity index (χ3v) is 4.70. The first-order chi connectivity index (χ1) is 15.3. The molecule has 4 N–H and O–H groups in total. The molecule has 0 fully saturated rings. The molecule has 2 aromatic rings. The summed E-state index contributed by atoms with van der Waals surface area (Å²) in [5.41, 5.74) is 12.4. The summed E-state index contributed by atoms with van der Waals surface area (Å²) >= 11 is 0. The Hall–Kier alpha value is -3.36. The third-order valence-electron chi connectivity index (χ3n) is 4.70. The number of benzene rings is 2. The van der Waals surface area contributed by atoms with E-state index in [1.165, 1.54) is 5.06 Å². The smallest absolute Gasteiger partial charge is 0.226 e. The van der Waals surface area contributed by atoms with Crippen molar-refractivity contribution < 1.29 is 14.4 Å². The lowest BCUT2D eigenvalue weighted by molar-refractivity contribution is -0.157. The molecular formula is C24H30ClN5O3. The van der Waals surface area contributed by atoms with Crippen molar-refractivity contribution >= 4 is 36.2 Å². The van der Waals surface area contributed by atoms with Crippen LogP contribution in [0.4, 0.5) is 0 Å². The van der Waals surface area contributed by atoms with Crippen LogP contribution in [0.3, 0.4) is 0 Å². The zero-order chi connectivity index (χ0) is 23.0. The van der Waals surface area contributed by atoms with Gasteiger partial charge in [-0.3, -0.25) is 9.63 Å². The summed E-state index contributed by atoms with van der Waals surface area (Å²) < 4.78 is 5.80. The van der Waals surface area contributed by atoms with E-state index in [9.17, 15) is 4.79 Å². The fourth-order valence-corrected chi connectivity index (χ4v) is 3.14. The highest BCUT2D eigenvalue weighted by molar-refractivity contribution is 6.07. The van der Waals surface area contributed by atoms with Gasteiger partial charge in [0.1, 0.15) is 5.75 Å². The normalized spacial score (nSPS) is 14.9. The molecule has 9 heteroatoms. The average Bonchev–Trinajstić information content (AvgIpc) is 2.76. The Balaban J connectivity index is 0.00000385. The maximum Gasteiger partial charge on any atom is 0.226 e. The van der Waals surface area contributed by atoms with Crippen molar-refractivity contribution in [1.29, 1.82) is 0 Å². The highest BCUT2D eigenvalue weighted by Crippen LogP contribution is 2.20. The van der Waals surface area contributed by atoms with E-state index >= 15 is 0 Å². The number of rotatable bonds is 10. The number of nitrogens with zero attached hydrogens (tertiary/aromatic N) is 3. The van der Waals surface area contributed by atoms with Gasteiger partial charge < -0.3 is 16.2 Å². The van der Waals surface area contributed by atoms with Crippen LogP contribution in [0.2, 0.25) is 0 Å². The summed E-state index contributed by atoms with van der Waals surface area (Å²) in [6, 6.07) is 16.9. The molecule has 0 saturated carbocycles. The minimum atomic E-state index is -0.714. The van der Waals surface area contributed by atoms with Gasteiger partial charge in [0, 0.05) is 5.56 Å². The van der Waals surface area contributed by atoms with Gasteiger partial charge in [0.2, 0.25) is 11.9 Å². The predicted molar refractivity (Wildman–Crippen MR) is 133 cm³/mol. The van der Waals surface area contributed by atoms with E-state index in [2.05, 4.69) is 9.98 Å². The van der Waals surface area contributed by atoms with E-state index < -0.39 is 5.66 Å². The molecule has 0 atom stereocenters. The van der Waals surface area contributed by atoms with E-state index in [0.29, 0.717) is 24.5 Å². The summed E-state index contributed by atoms with van der Waals surface area (Å²) in [6.45, 7) is 4.61. The number of hydroxylamine groups is 2. The molecule has 176 valence electrons. The lowest BCUT2D eigenvalue weighted by Crippen LogP contribution is -2.53. The molecule has 33 heavy (non-hydrogen) atoms. The number of ketones is 1. The zero-order valence-electron chi connectivity index (χ0n) is 18.8. The lowest BCUT2D eigenvalue weighted by Gasteiger charge is -2.36. The molecule has 0 aliphatic carbocycles. The Kier molecular flexibility index (Phi) is 9.44. The Labute approximate surface area is 200 Å². The van der Waals surface area contributed by atoms with Crippen molar-refractivity contribution in [2.45, 2.75) is 32.4 Å². The SMILES string of the molecule is CC1(C)N=C(N)N=C(N)N1OCCCCOc1cccc(C(=O)/C=C/c2ccccc2)c1.Cl. The van der Waals surface area contributed by atoms with Gasteiger partial charge in [-0.1, -0.05) is 48.5 Å². The molecule has 1 aliphatic rings.